The monoisotopic (exact) mass is 490 g/mol. The molecule has 0 aliphatic carbocycles. The third-order valence-corrected chi connectivity index (χ3v) is 5.64. The molecule has 2 amide bonds. The highest BCUT2D eigenvalue weighted by molar-refractivity contribution is 7.17. The number of aromatic nitrogens is 3. The lowest BCUT2D eigenvalue weighted by Gasteiger charge is -2.09. The van der Waals surface area contributed by atoms with E-state index in [4.69, 9.17) is 21.5 Å². The van der Waals surface area contributed by atoms with Gasteiger partial charge in [0.25, 0.3) is 5.91 Å². The summed E-state index contributed by atoms with van der Waals surface area (Å²) in [5, 5.41) is 15.3. The second kappa shape index (κ2) is 11.5. The number of nitrogens with one attached hydrogen (secondary N) is 3. The maximum absolute atomic E-state index is 12.6. The van der Waals surface area contributed by atoms with Gasteiger partial charge >= 0.3 is 0 Å². The van der Waals surface area contributed by atoms with Crippen LogP contribution in [0.1, 0.15) is 40.3 Å². The van der Waals surface area contributed by atoms with Crippen molar-refractivity contribution >= 4 is 51.4 Å². The molecule has 2 heterocycles. The summed E-state index contributed by atoms with van der Waals surface area (Å²) in [5.74, 6) is 0.603. The van der Waals surface area contributed by atoms with Crippen LogP contribution >= 0.6 is 22.9 Å². The Bertz CT molecular complexity index is 1120. The molecule has 0 atom stereocenters. The summed E-state index contributed by atoms with van der Waals surface area (Å²) in [7, 11) is 0. The third-order valence-electron chi connectivity index (χ3n) is 4.41. The summed E-state index contributed by atoms with van der Waals surface area (Å²) in [4.78, 5) is 36.8. The molecular formula is C21H23ClN6O4S. The summed E-state index contributed by atoms with van der Waals surface area (Å²) < 4.78 is 5.63. The van der Waals surface area contributed by atoms with E-state index in [1.807, 2.05) is 19.1 Å². The molecule has 2 aromatic heterocycles. The van der Waals surface area contributed by atoms with E-state index < -0.39 is 5.91 Å². The van der Waals surface area contributed by atoms with Crippen molar-refractivity contribution in [2.24, 2.45) is 0 Å². The number of carbonyl (C=O) groups excluding carboxylic acids is 2. The first kappa shape index (κ1) is 24.4. The lowest BCUT2D eigenvalue weighted by atomic mass is 10.2. The molecule has 1 aromatic carbocycles. The number of aryl methyl sites for hydroxylation is 2. The van der Waals surface area contributed by atoms with Gasteiger partial charge in [0.1, 0.15) is 16.5 Å². The number of amides is 2. The predicted octanol–water partition coefficient (Wildman–Crippen LogP) is 4.25. The first-order valence-corrected chi connectivity index (χ1v) is 11.3. The number of carbonyl (C=O) groups is 2. The van der Waals surface area contributed by atoms with Crippen molar-refractivity contribution in [3.63, 3.8) is 0 Å². The second-order valence-electron chi connectivity index (χ2n) is 7.02. The Morgan fingerprint density at radius 2 is 2.03 bits per heavy atom. The molecule has 174 valence electrons. The van der Waals surface area contributed by atoms with E-state index >= 15 is 0 Å². The minimum absolute atomic E-state index is 0.214. The van der Waals surface area contributed by atoms with Gasteiger partial charge in [-0.1, -0.05) is 35.1 Å². The summed E-state index contributed by atoms with van der Waals surface area (Å²) in [5.41, 5.74) is 3.02. The van der Waals surface area contributed by atoms with Gasteiger partial charge in [0.05, 0.1) is 23.5 Å². The number of nitrogens with zero attached hydrogens (tertiary/aromatic N) is 3. The van der Waals surface area contributed by atoms with E-state index in [2.05, 4.69) is 25.6 Å². The van der Waals surface area contributed by atoms with Crippen LogP contribution in [0.15, 0.2) is 30.5 Å². The second-order valence-corrected chi connectivity index (χ2v) is 8.46. The smallest absolute Gasteiger partial charge is 0.267 e. The van der Waals surface area contributed by atoms with Crippen molar-refractivity contribution in [3.8, 4) is 5.88 Å². The average Bonchev–Trinajstić information content (AvgIpc) is 3.24. The zero-order valence-electron chi connectivity index (χ0n) is 18.0. The van der Waals surface area contributed by atoms with Gasteiger partial charge < -0.3 is 15.4 Å². The molecule has 3 aromatic rings. The average molecular weight is 491 g/mol. The molecule has 0 spiro atoms. The summed E-state index contributed by atoms with van der Waals surface area (Å²) in [6, 6.07) is 7.03. The van der Waals surface area contributed by atoms with Crippen LogP contribution in [0.2, 0.25) is 5.02 Å². The molecule has 3 rings (SSSR count). The molecule has 0 unspecified atom stereocenters. The number of halogens is 1. The van der Waals surface area contributed by atoms with Gasteiger partial charge in [-0.2, -0.15) is 4.98 Å². The fourth-order valence-corrected chi connectivity index (χ4v) is 3.80. The molecule has 0 bridgehead atoms. The summed E-state index contributed by atoms with van der Waals surface area (Å²) in [6.45, 7) is 3.96. The molecule has 33 heavy (non-hydrogen) atoms. The molecule has 0 aliphatic rings. The lowest BCUT2D eigenvalue weighted by Crippen LogP contribution is -2.18. The highest BCUT2D eigenvalue weighted by atomic mass is 35.5. The molecule has 0 radical (unpaired) electrons. The maximum atomic E-state index is 12.6. The van der Waals surface area contributed by atoms with Crippen LogP contribution in [0.4, 0.5) is 16.6 Å². The van der Waals surface area contributed by atoms with Gasteiger partial charge in [0.2, 0.25) is 11.8 Å². The van der Waals surface area contributed by atoms with E-state index in [1.54, 1.807) is 24.5 Å². The van der Waals surface area contributed by atoms with Gasteiger partial charge in [-0.05, 0) is 38.3 Å². The number of hydrogen-bond acceptors (Lipinski definition) is 9. The Balaban J connectivity index is 1.59. The summed E-state index contributed by atoms with van der Waals surface area (Å²) >= 11 is 7.36. The minimum Gasteiger partial charge on any atom is -0.478 e. The van der Waals surface area contributed by atoms with Crippen molar-refractivity contribution < 1.29 is 19.5 Å². The molecule has 12 heteroatoms. The SMILES string of the molecule is Cc1nc(Nc2ncc(C(=O)Nc3c(C)cccc3Cl)s2)cc(OCCCCC(=O)NO)n1. The van der Waals surface area contributed by atoms with Crippen LogP contribution in [-0.4, -0.2) is 38.6 Å². The quantitative estimate of drug-likeness (QED) is 0.188. The topological polar surface area (TPSA) is 138 Å². The normalized spacial score (nSPS) is 10.5. The van der Waals surface area contributed by atoms with Crippen LogP contribution in [0.25, 0.3) is 0 Å². The number of ether oxygens (including phenoxy) is 1. The van der Waals surface area contributed by atoms with Crippen molar-refractivity contribution in [3.05, 3.63) is 51.7 Å². The highest BCUT2D eigenvalue weighted by Crippen LogP contribution is 2.28. The van der Waals surface area contributed by atoms with Crippen LogP contribution in [0.3, 0.4) is 0 Å². The van der Waals surface area contributed by atoms with Gasteiger partial charge in [-0.25, -0.2) is 15.4 Å². The number of hydroxylamine groups is 1. The largest absolute Gasteiger partial charge is 0.478 e. The summed E-state index contributed by atoms with van der Waals surface area (Å²) in [6.07, 6.45) is 2.88. The highest BCUT2D eigenvalue weighted by Gasteiger charge is 2.14. The van der Waals surface area contributed by atoms with Crippen molar-refractivity contribution in [2.45, 2.75) is 33.1 Å². The van der Waals surface area contributed by atoms with Crippen molar-refractivity contribution in [1.82, 2.24) is 20.4 Å². The van der Waals surface area contributed by atoms with E-state index in [9.17, 15) is 9.59 Å². The van der Waals surface area contributed by atoms with Gasteiger partial charge in [-0.15, -0.1) is 0 Å². The maximum Gasteiger partial charge on any atom is 0.267 e. The van der Waals surface area contributed by atoms with Gasteiger partial charge in [0, 0.05) is 12.5 Å². The van der Waals surface area contributed by atoms with E-state index in [0.717, 1.165) is 5.56 Å². The zero-order valence-corrected chi connectivity index (χ0v) is 19.6. The van der Waals surface area contributed by atoms with Crippen LogP contribution in [0.5, 0.6) is 5.88 Å². The molecule has 4 N–H and O–H groups in total. The third kappa shape index (κ3) is 7.11. The molecular weight excluding hydrogens is 468 g/mol. The number of unbranched alkanes of at least 4 members (excludes halogenated alkanes) is 1. The Labute approximate surface area is 199 Å². The number of anilines is 3. The zero-order chi connectivity index (χ0) is 23.8. The van der Waals surface area contributed by atoms with Crippen LogP contribution in [0, 0.1) is 13.8 Å². The first-order chi connectivity index (χ1) is 15.9. The number of hydrogen-bond donors (Lipinski definition) is 4. The first-order valence-electron chi connectivity index (χ1n) is 10.1. The number of benzene rings is 1. The number of thiazole rings is 1. The molecule has 0 saturated carbocycles. The fraction of sp³-hybridized carbons (Fsp3) is 0.286. The Morgan fingerprint density at radius 3 is 2.79 bits per heavy atom. The molecule has 0 saturated heterocycles. The van der Waals surface area contributed by atoms with E-state index in [1.165, 1.54) is 17.5 Å². The molecule has 0 aliphatic heterocycles. The van der Waals surface area contributed by atoms with Crippen LogP contribution in [-0.2, 0) is 4.79 Å². The fourth-order valence-electron chi connectivity index (χ4n) is 2.81. The van der Waals surface area contributed by atoms with Crippen molar-refractivity contribution in [2.75, 3.05) is 17.2 Å². The standard InChI is InChI=1S/C21H23ClN6O4S/c1-12-6-5-7-14(22)19(12)27-20(30)15-11-23-21(33-15)26-16-10-18(25-13(2)24-16)32-9-4-3-8-17(29)28-31/h5-7,10-11,31H,3-4,8-9H2,1-2H3,(H,27,30)(H,28,29)(H,23,24,25,26). The van der Waals surface area contributed by atoms with Gasteiger partial charge in [-0.3, -0.25) is 14.8 Å². The molecule has 0 fully saturated rings. The number of para-hydroxylation sites is 1. The Morgan fingerprint density at radius 1 is 1.21 bits per heavy atom. The number of rotatable bonds is 10. The predicted molar refractivity (Wildman–Crippen MR) is 126 cm³/mol. The van der Waals surface area contributed by atoms with Gasteiger partial charge in [0.15, 0.2) is 5.13 Å². The molecule has 10 nitrogen and oxygen atoms in total. The van der Waals surface area contributed by atoms with Crippen molar-refractivity contribution in [1.29, 1.82) is 0 Å². The van der Waals surface area contributed by atoms with E-state index in [-0.39, 0.29) is 12.3 Å². The lowest BCUT2D eigenvalue weighted by molar-refractivity contribution is -0.129. The Hall–Kier alpha value is -3.28. The minimum atomic E-state index is -0.433. The van der Waals surface area contributed by atoms with E-state index in [0.29, 0.717) is 57.7 Å². The van der Waals surface area contributed by atoms with Crippen LogP contribution < -0.4 is 20.9 Å². The Kier molecular flexibility index (Phi) is 8.52.